The van der Waals surface area contributed by atoms with Gasteiger partial charge in [-0.05, 0) is 6.92 Å². The quantitative estimate of drug-likeness (QED) is 0.333. The highest BCUT2D eigenvalue weighted by Gasteiger charge is 1.80. The second-order valence-corrected chi connectivity index (χ2v) is 1.48. The van der Waals surface area contributed by atoms with Crippen molar-refractivity contribution in [1.29, 1.82) is 0 Å². The van der Waals surface area contributed by atoms with Crippen LogP contribution in [0.4, 0.5) is 0 Å². The maximum absolute atomic E-state index is 9.87. The molecule has 0 aromatic heterocycles. The largest absolute Gasteiger partial charge is 0.478 e. The third kappa shape index (κ3) is 6.57. The minimum absolute atomic E-state index is 0.486. The average molecular weight is 139 g/mol. The van der Waals surface area contributed by atoms with E-state index in [-0.39, 0.29) is 0 Å². The van der Waals surface area contributed by atoms with Gasteiger partial charge in [-0.2, -0.15) is 0 Å². The maximum atomic E-state index is 9.87. The third-order valence-electron chi connectivity index (χ3n) is 0.711. The summed E-state index contributed by atoms with van der Waals surface area (Å²) in [6, 6.07) is 0. The minimum Gasteiger partial charge on any atom is -0.478 e. The molecule has 10 heavy (non-hydrogen) atoms. The Morgan fingerprint density at radius 2 is 2.50 bits per heavy atom. The van der Waals surface area contributed by atoms with Crippen LogP contribution in [0.15, 0.2) is 12.3 Å². The van der Waals surface area contributed by atoms with Crippen molar-refractivity contribution >= 4 is 5.97 Å². The predicted octanol–water partition coefficient (Wildman–Crippen LogP) is 0.198. The van der Waals surface area contributed by atoms with Gasteiger partial charge in [0, 0.05) is 12.3 Å². The molecule has 0 rings (SSSR count). The zero-order chi connectivity index (χ0) is 7.82. The highest BCUT2D eigenvalue weighted by atomic mass is 16.4. The van der Waals surface area contributed by atoms with Gasteiger partial charge in [0.15, 0.2) is 0 Å². The molecule has 0 fully saturated rings. The van der Waals surface area contributed by atoms with E-state index in [9.17, 15) is 4.79 Å². The molecule has 0 aromatic rings. The van der Waals surface area contributed by atoms with Gasteiger partial charge in [-0.1, -0.05) is 5.92 Å². The van der Waals surface area contributed by atoms with Crippen LogP contribution in [-0.2, 0) is 4.79 Å². The first-order chi connectivity index (χ1) is 4.77. The molecule has 0 aliphatic carbocycles. The van der Waals surface area contributed by atoms with Crippen molar-refractivity contribution in [3.63, 3.8) is 0 Å². The second-order valence-electron chi connectivity index (χ2n) is 1.48. The molecule has 0 unspecified atom stereocenters. The van der Waals surface area contributed by atoms with Crippen LogP contribution >= 0.6 is 0 Å². The number of nitrogens with one attached hydrogen (secondary N) is 1. The van der Waals surface area contributed by atoms with Crippen LogP contribution in [0, 0.1) is 11.8 Å². The number of carboxylic acids is 1. The van der Waals surface area contributed by atoms with Crippen molar-refractivity contribution in [2.24, 2.45) is 0 Å². The fourth-order valence-corrected chi connectivity index (χ4v) is 0.329. The summed E-state index contributed by atoms with van der Waals surface area (Å²) >= 11 is 0. The molecule has 0 radical (unpaired) electrons. The van der Waals surface area contributed by atoms with E-state index in [2.05, 4.69) is 17.2 Å². The molecule has 0 atom stereocenters. The fourth-order valence-electron chi connectivity index (χ4n) is 0.329. The summed E-state index contributed by atoms with van der Waals surface area (Å²) in [6.07, 6.45) is 2.38. The van der Waals surface area contributed by atoms with Crippen LogP contribution < -0.4 is 5.32 Å². The van der Waals surface area contributed by atoms with Crippen molar-refractivity contribution in [2.45, 2.75) is 6.92 Å². The van der Waals surface area contributed by atoms with Gasteiger partial charge in [0.1, 0.15) is 0 Å². The Balaban J connectivity index is 3.33. The second kappa shape index (κ2) is 5.70. The standard InChI is InChI=1S/C7H9NO2/c1-2-3-5-8-6-4-7(9)10/h4,6,8H,5H2,1H3,(H,9,10)/b6-4+. The number of rotatable bonds is 3. The third-order valence-corrected chi connectivity index (χ3v) is 0.711. The molecule has 54 valence electrons. The Hall–Kier alpha value is -1.43. The molecular formula is C7H9NO2. The van der Waals surface area contributed by atoms with E-state index < -0.39 is 5.97 Å². The van der Waals surface area contributed by atoms with E-state index >= 15 is 0 Å². The van der Waals surface area contributed by atoms with Crippen LogP contribution in [-0.4, -0.2) is 17.6 Å². The van der Waals surface area contributed by atoms with Crippen molar-refractivity contribution < 1.29 is 9.90 Å². The van der Waals surface area contributed by atoms with E-state index in [4.69, 9.17) is 5.11 Å². The zero-order valence-electron chi connectivity index (χ0n) is 5.72. The van der Waals surface area contributed by atoms with Crippen LogP contribution in [0.5, 0.6) is 0 Å². The smallest absolute Gasteiger partial charge is 0.329 e. The molecule has 0 bridgehead atoms. The van der Waals surface area contributed by atoms with E-state index in [1.165, 1.54) is 6.20 Å². The lowest BCUT2D eigenvalue weighted by atomic mass is 10.5. The van der Waals surface area contributed by atoms with Crippen LogP contribution in [0.2, 0.25) is 0 Å². The predicted molar refractivity (Wildman–Crippen MR) is 38.2 cm³/mol. The van der Waals surface area contributed by atoms with Gasteiger partial charge >= 0.3 is 5.97 Å². The average Bonchev–Trinajstić information content (AvgIpc) is 1.87. The molecule has 3 nitrogen and oxygen atoms in total. The molecule has 0 aliphatic heterocycles. The van der Waals surface area contributed by atoms with Crippen molar-refractivity contribution in [3.05, 3.63) is 12.3 Å². The summed E-state index contributed by atoms with van der Waals surface area (Å²) in [5.41, 5.74) is 0. The van der Waals surface area contributed by atoms with Crippen molar-refractivity contribution in [1.82, 2.24) is 5.32 Å². The first-order valence-corrected chi connectivity index (χ1v) is 2.80. The van der Waals surface area contributed by atoms with Gasteiger partial charge in [0.2, 0.25) is 0 Å². The Morgan fingerprint density at radius 1 is 1.80 bits per heavy atom. The SMILES string of the molecule is CC#CCN/C=C/C(=O)O. The Kier molecular flexibility index (Phi) is 4.89. The van der Waals surface area contributed by atoms with Gasteiger partial charge in [-0.3, -0.25) is 0 Å². The number of carboxylic acid groups (broad SMARTS) is 1. The number of hydrogen-bond donors (Lipinski definition) is 2. The molecule has 2 N–H and O–H groups in total. The molecule has 3 heteroatoms. The molecular weight excluding hydrogens is 130 g/mol. The molecule has 0 heterocycles. The molecule has 0 aliphatic rings. The fraction of sp³-hybridized carbons (Fsp3) is 0.286. The lowest BCUT2D eigenvalue weighted by molar-refractivity contribution is -0.131. The van der Waals surface area contributed by atoms with E-state index in [1.54, 1.807) is 6.92 Å². The summed E-state index contributed by atoms with van der Waals surface area (Å²) in [5.74, 6) is 4.42. The number of aliphatic carboxylic acids is 1. The minimum atomic E-state index is -0.961. The highest BCUT2D eigenvalue weighted by molar-refractivity contribution is 5.79. The van der Waals surface area contributed by atoms with Crippen molar-refractivity contribution in [3.8, 4) is 11.8 Å². The number of hydrogen-bond acceptors (Lipinski definition) is 2. The van der Waals surface area contributed by atoms with Crippen LogP contribution in [0.25, 0.3) is 0 Å². The Morgan fingerprint density at radius 3 is 3.00 bits per heavy atom. The molecule has 0 aromatic carbocycles. The maximum Gasteiger partial charge on any atom is 0.329 e. The molecule has 0 saturated carbocycles. The number of carbonyl (C=O) groups is 1. The Bertz CT molecular complexity index is 186. The van der Waals surface area contributed by atoms with E-state index in [0.717, 1.165) is 6.08 Å². The van der Waals surface area contributed by atoms with Crippen LogP contribution in [0.1, 0.15) is 6.92 Å². The lowest BCUT2D eigenvalue weighted by Gasteiger charge is -1.87. The molecule has 0 spiro atoms. The zero-order valence-corrected chi connectivity index (χ0v) is 5.72. The first-order valence-electron chi connectivity index (χ1n) is 2.80. The van der Waals surface area contributed by atoms with Crippen molar-refractivity contribution in [2.75, 3.05) is 6.54 Å². The van der Waals surface area contributed by atoms with Gasteiger partial charge in [0.05, 0.1) is 6.54 Å². The summed E-state index contributed by atoms with van der Waals surface area (Å²) in [6.45, 7) is 2.21. The van der Waals surface area contributed by atoms with Gasteiger partial charge < -0.3 is 10.4 Å². The molecule has 0 saturated heterocycles. The summed E-state index contributed by atoms with van der Waals surface area (Å²) < 4.78 is 0. The van der Waals surface area contributed by atoms with E-state index in [0.29, 0.717) is 6.54 Å². The van der Waals surface area contributed by atoms with Crippen LogP contribution in [0.3, 0.4) is 0 Å². The molecule has 0 amide bonds. The highest BCUT2D eigenvalue weighted by Crippen LogP contribution is 1.66. The van der Waals surface area contributed by atoms with E-state index in [1.807, 2.05) is 0 Å². The summed E-state index contributed by atoms with van der Waals surface area (Å²) in [7, 11) is 0. The first kappa shape index (κ1) is 8.57. The topological polar surface area (TPSA) is 49.3 Å². The lowest BCUT2D eigenvalue weighted by Crippen LogP contribution is -2.05. The van der Waals surface area contributed by atoms with Gasteiger partial charge in [0.25, 0.3) is 0 Å². The van der Waals surface area contributed by atoms with Gasteiger partial charge in [-0.15, -0.1) is 5.92 Å². The summed E-state index contributed by atoms with van der Waals surface area (Å²) in [4.78, 5) is 9.87. The Labute approximate surface area is 59.7 Å². The van der Waals surface area contributed by atoms with Gasteiger partial charge in [-0.25, -0.2) is 4.79 Å². The summed E-state index contributed by atoms with van der Waals surface area (Å²) in [5, 5.41) is 10.8. The normalized spacial score (nSPS) is 8.50. The monoisotopic (exact) mass is 139 g/mol.